The molecule has 0 fully saturated rings. The molecular formula is C13H24N2O3S2. The molecular weight excluding hydrogens is 296 g/mol. The third-order valence-electron chi connectivity index (χ3n) is 2.81. The van der Waals surface area contributed by atoms with Crippen LogP contribution in [0.4, 0.5) is 0 Å². The van der Waals surface area contributed by atoms with E-state index in [9.17, 15) is 8.42 Å². The summed E-state index contributed by atoms with van der Waals surface area (Å²) in [6.45, 7) is 10.1. The van der Waals surface area contributed by atoms with Crippen molar-refractivity contribution in [3.05, 3.63) is 16.5 Å². The SMILES string of the molecule is CCNCc1sc(S(=O)(=O)NCC(C)OCC)cc1C. The molecule has 7 heteroatoms. The van der Waals surface area contributed by atoms with E-state index in [0.717, 1.165) is 17.0 Å². The van der Waals surface area contributed by atoms with E-state index in [0.29, 0.717) is 17.4 Å². The Morgan fingerprint density at radius 1 is 1.40 bits per heavy atom. The van der Waals surface area contributed by atoms with Crippen molar-refractivity contribution in [3.63, 3.8) is 0 Å². The van der Waals surface area contributed by atoms with Gasteiger partial charge in [-0.15, -0.1) is 11.3 Å². The van der Waals surface area contributed by atoms with E-state index < -0.39 is 10.0 Å². The maximum absolute atomic E-state index is 12.2. The molecule has 0 bridgehead atoms. The van der Waals surface area contributed by atoms with Crippen LogP contribution in [0, 0.1) is 6.92 Å². The molecule has 2 N–H and O–H groups in total. The molecule has 1 atom stereocenters. The Balaban J connectivity index is 2.72. The van der Waals surface area contributed by atoms with E-state index in [-0.39, 0.29) is 12.6 Å². The monoisotopic (exact) mass is 320 g/mol. The Labute approximate surface area is 125 Å². The van der Waals surface area contributed by atoms with Crippen LogP contribution in [0.2, 0.25) is 0 Å². The normalized spacial score (nSPS) is 13.6. The average molecular weight is 320 g/mol. The number of ether oxygens (including phenoxy) is 1. The van der Waals surface area contributed by atoms with Crippen LogP contribution >= 0.6 is 11.3 Å². The van der Waals surface area contributed by atoms with Gasteiger partial charge in [0.25, 0.3) is 0 Å². The lowest BCUT2D eigenvalue weighted by Gasteiger charge is -2.12. The lowest BCUT2D eigenvalue weighted by atomic mass is 10.3. The van der Waals surface area contributed by atoms with Gasteiger partial charge < -0.3 is 10.1 Å². The Bertz CT molecular complexity index is 512. The van der Waals surface area contributed by atoms with E-state index in [1.165, 1.54) is 11.3 Å². The minimum absolute atomic E-state index is 0.128. The first-order valence-electron chi connectivity index (χ1n) is 6.82. The van der Waals surface area contributed by atoms with Crippen molar-refractivity contribution >= 4 is 21.4 Å². The van der Waals surface area contributed by atoms with E-state index in [2.05, 4.69) is 10.0 Å². The van der Waals surface area contributed by atoms with Crippen molar-refractivity contribution in [1.29, 1.82) is 0 Å². The summed E-state index contributed by atoms with van der Waals surface area (Å²) in [5.74, 6) is 0. The fraction of sp³-hybridized carbons (Fsp3) is 0.692. The lowest BCUT2D eigenvalue weighted by Crippen LogP contribution is -2.31. The van der Waals surface area contributed by atoms with Crippen LogP contribution in [0.15, 0.2) is 10.3 Å². The third kappa shape index (κ3) is 5.14. The molecule has 0 aliphatic rings. The zero-order chi connectivity index (χ0) is 15.2. The molecule has 1 unspecified atom stereocenters. The van der Waals surface area contributed by atoms with Gasteiger partial charge in [0.2, 0.25) is 10.0 Å². The Kier molecular flexibility index (Phi) is 7.11. The second kappa shape index (κ2) is 8.09. The van der Waals surface area contributed by atoms with Crippen LogP contribution in [-0.4, -0.2) is 34.2 Å². The highest BCUT2D eigenvalue weighted by Gasteiger charge is 2.19. The summed E-state index contributed by atoms with van der Waals surface area (Å²) < 4.78 is 32.7. The third-order valence-corrected chi connectivity index (χ3v) is 5.94. The van der Waals surface area contributed by atoms with Gasteiger partial charge in [-0.05, 0) is 38.9 Å². The Hall–Kier alpha value is -0.470. The van der Waals surface area contributed by atoms with Gasteiger partial charge in [-0.1, -0.05) is 6.92 Å². The van der Waals surface area contributed by atoms with Gasteiger partial charge in [-0.3, -0.25) is 0 Å². The molecule has 0 saturated heterocycles. The Morgan fingerprint density at radius 3 is 2.70 bits per heavy atom. The van der Waals surface area contributed by atoms with Crippen molar-refractivity contribution in [2.24, 2.45) is 0 Å². The fourth-order valence-electron chi connectivity index (χ4n) is 1.68. The molecule has 116 valence electrons. The second-order valence-corrected chi connectivity index (χ2v) is 7.70. The molecule has 1 aromatic heterocycles. The maximum atomic E-state index is 12.2. The molecule has 5 nitrogen and oxygen atoms in total. The number of rotatable bonds is 9. The number of aryl methyl sites for hydroxylation is 1. The zero-order valence-corrected chi connectivity index (χ0v) is 14.2. The topological polar surface area (TPSA) is 67.4 Å². The first kappa shape index (κ1) is 17.6. The molecule has 0 amide bonds. The summed E-state index contributed by atoms with van der Waals surface area (Å²) in [5, 5.41) is 3.21. The Morgan fingerprint density at radius 2 is 2.10 bits per heavy atom. The van der Waals surface area contributed by atoms with Crippen molar-refractivity contribution in [1.82, 2.24) is 10.0 Å². The number of thiophene rings is 1. The molecule has 0 aliphatic carbocycles. The van der Waals surface area contributed by atoms with Crippen LogP contribution in [-0.2, 0) is 21.3 Å². The minimum Gasteiger partial charge on any atom is -0.377 e. The van der Waals surface area contributed by atoms with Gasteiger partial charge in [0.05, 0.1) is 6.10 Å². The standard InChI is InChI=1S/C13H24N2O3S2/c1-5-14-9-12-10(3)7-13(19-12)20(16,17)15-8-11(4)18-6-2/h7,11,14-15H,5-6,8-9H2,1-4H3. The molecule has 1 heterocycles. The first-order valence-corrected chi connectivity index (χ1v) is 9.12. The van der Waals surface area contributed by atoms with E-state index >= 15 is 0 Å². The van der Waals surface area contributed by atoms with Gasteiger partial charge in [-0.2, -0.15) is 0 Å². The second-order valence-electron chi connectivity index (χ2n) is 4.57. The van der Waals surface area contributed by atoms with Gasteiger partial charge in [-0.25, -0.2) is 13.1 Å². The molecule has 1 aromatic rings. The molecule has 0 aromatic carbocycles. The molecule has 1 rings (SSSR count). The number of nitrogens with one attached hydrogen (secondary N) is 2. The average Bonchev–Trinajstić information content (AvgIpc) is 2.77. The summed E-state index contributed by atoms with van der Waals surface area (Å²) in [4.78, 5) is 1.06. The van der Waals surface area contributed by atoms with Gasteiger partial charge in [0.1, 0.15) is 4.21 Å². The summed E-state index contributed by atoms with van der Waals surface area (Å²) >= 11 is 1.32. The van der Waals surface area contributed by atoms with Gasteiger partial charge in [0.15, 0.2) is 0 Å². The maximum Gasteiger partial charge on any atom is 0.250 e. The number of hydrogen-bond acceptors (Lipinski definition) is 5. The molecule has 0 spiro atoms. The lowest BCUT2D eigenvalue weighted by molar-refractivity contribution is 0.0800. The molecule has 0 aliphatic heterocycles. The van der Waals surface area contributed by atoms with E-state index in [1.807, 2.05) is 27.7 Å². The summed E-state index contributed by atoms with van der Waals surface area (Å²) in [6, 6.07) is 1.73. The first-order chi connectivity index (χ1) is 9.40. The summed E-state index contributed by atoms with van der Waals surface area (Å²) in [5.41, 5.74) is 1.01. The van der Waals surface area contributed by atoms with Crippen LogP contribution in [0.1, 0.15) is 31.2 Å². The predicted octanol–water partition coefficient (Wildman–Crippen LogP) is 1.87. The number of sulfonamides is 1. The van der Waals surface area contributed by atoms with Gasteiger partial charge >= 0.3 is 0 Å². The zero-order valence-electron chi connectivity index (χ0n) is 12.5. The molecule has 0 radical (unpaired) electrons. The predicted molar refractivity (Wildman–Crippen MR) is 82.7 cm³/mol. The largest absolute Gasteiger partial charge is 0.377 e. The molecule has 0 saturated carbocycles. The van der Waals surface area contributed by atoms with Crippen LogP contribution in [0.5, 0.6) is 0 Å². The van der Waals surface area contributed by atoms with Crippen molar-refractivity contribution in [2.45, 2.75) is 44.6 Å². The highest BCUT2D eigenvalue weighted by atomic mass is 32.2. The quantitative estimate of drug-likeness (QED) is 0.729. The van der Waals surface area contributed by atoms with Crippen LogP contribution < -0.4 is 10.0 Å². The summed E-state index contributed by atoms with van der Waals surface area (Å²) in [6.07, 6.45) is -0.128. The summed E-state index contributed by atoms with van der Waals surface area (Å²) in [7, 11) is -3.44. The number of hydrogen-bond donors (Lipinski definition) is 2. The van der Waals surface area contributed by atoms with Gasteiger partial charge in [0, 0.05) is 24.6 Å². The fourth-order valence-corrected chi connectivity index (χ4v) is 4.40. The van der Waals surface area contributed by atoms with Crippen LogP contribution in [0.25, 0.3) is 0 Å². The van der Waals surface area contributed by atoms with Crippen molar-refractivity contribution in [3.8, 4) is 0 Å². The highest BCUT2D eigenvalue weighted by molar-refractivity contribution is 7.91. The van der Waals surface area contributed by atoms with E-state index in [1.54, 1.807) is 6.07 Å². The molecule has 20 heavy (non-hydrogen) atoms. The van der Waals surface area contributed by atoms with Crippen LogP contribution in [0.3, 0.4) is 0 Å². The van der Waals surface area contributed by atoms with Crippen molar-refractivity contribution < 1.29 is 13.2 Å². The smallest absolute Gasteiger partial charge is 0.250 e. The minimum atomic E-state index is -3.44. The van der Waals surface area contributed by atoms with E-state index in [4.69, 9.17) is 4.74 Å². The van der Waals surface area contributed by atoms with Crippen molar-refractivity contribution in [2.75, 3.05) is 19.7 Å². The highest BCUT2D eigenvalue weighted by Crippen LogP contribution is 2.25.